The van der Waals surface area contributed by atoms with Crippen molar-refractivity contribution in [3.63, 3.8) is 0 Å². The Morgan fingerprint density at radius 2 is 1.79 bits per heavy atom. The van der Waals surface area contributed by atoms with Gasteiger partial charge >= 0.3 is 0 Å². The number of pyridine rings is 1. The van der Waals surface area contributed by atoms with Crippen LogP contribution in [0.4, 0.5) is 5.82 Å². The summed E-state index contributed by atoms with van der Waals surface area (Å²) in [6, 6.07) is 12.7. The molecule has 0 saturated carbocycles. The molecular weight excluding hydrogens is 348 g/mol. The maximum absolute atomic E-state index is 4.67. The van der Waals surface area contributed by atoms with Crippen molar-refractivity contribution in [1.29, 1.82) is 0 Å². The van der Waals surface area contributed by atoms with Gasteiger partial charge in [-0.25, -0.2) is 4.98 Å². The van der Waals surface area contributed by atoms with E-state index in [0.29, 0.717) is 6.54 Å². The molecule has 0 radical (unpaired) electrons. The molecule has 3 rings (SSSR count). The molecule has 0 spiro atoms. The normalized spacial score (nSPS) is 15.5. The number of anilines is 1. The van der Waals surface area contributed by atoms with Crippen LogP contribution in [0.5, 0.6) is 0 Å². The second kappa shape index (κ2) is 10.1. The fraction of sp³-hybridized carbons (Fsp3) is 0.455. The predicted molar refractivity (Wildman–Crippen MR) is 117 cm³/mol. The summed E-state index contributed by atoms with van der Waals surface area (Å²) in [5, 5.41) is 6.74. The van der Waals surface area contributed by atoms with Gasteiger partial charge in [0.05, 0.1) is 0 Å². The molecule has 6 heteroatoms. The number of hydrogen-bond donors (Lipinski definition) is 2. The zero-order valence-electron chi connectivity index (χ0n) is 17.3. The highest BCUT2D eigenvalue weighted by Gasteiger charge is 2.16. The van der Waals surface area contributed by atoms with Crippen LogP contribution < -0.4 is 15.5 Å². The maximum Gasteiger partial charge on any atom is 0.191 e. The third kappa shape index (κ3) is 5.45. The van der Waals surface area contributed by atoms with Gasteiger partial charge in [0.25, 0.3) is 0 Å². The summed E-state index contributed by atoms with van der Waals surface area (Å²) in [4.78, 5) is 13.8. The molecule has 1 aliphatic rings. The quantitative estimate of drug-likeness (QED) is 0.595. The first-order valence-electron chi connectivity index (χ1n) is 10.1. The molecule has 6 nitrogen and oxygen atoms in total. The van der Waals surface area contributed by atoms with Crippen molar-refractivity contribution in [3.05, 3.63) is 59.3 Å². The number of nitrogens with one attached hydrogen (secondary N) is 2. The van der Waals surface area contributed by atoms with Crippen molar-refractivity contribution in [3.8, 4) is 0 Å². The number of rotatable bonds is 6. The average Bonchev–Trinajstić information content (AvgIpc) is 2.75. The molecule has 0 atom stereocenters. The van der Waals surface area contributed by atoms with Crippen molar-refractivity contribution in [2.45, 2.75) is 26.9 Å². The lowest BCUT2D eigenvalue weighted by molar-refractivity contribution is 0.270. The zero-order valence-corrected chi connectivity index (χ0v) is 17.3. The minimum atomic E-state index is 0.699. The number of piperazine rings is 1. The molecule has 1 fully saturated rings. The molecular formula is C22H32N6. The molecule has 0 bridgehead atoms. The lowest BCUT2D eigenvalue weighted by atomic mass is 10.1. The number of guanidine groups is 1. The number of hydrogen-bond acceptors (Lipinski definition) is 4. The molecule has 0 amide bonds. The summed E-state index contributed by atoms with van der Waals surface area (Å²) < 4.78 is 0. The molecule has 0 unspecified atom stereocenters. The highest BCUT2D eigenvalue weighted by Crippen LogP contribution is 2.14. The van der Waals surface area contributed by atoms with Gasteiger partial charge in [0, 0.05) is 52.5 Å². The maximum atomic E-state index is 4.67. The van der Waals surface area contributed by atoms with Crippen LogP contribution in [0.15, 0.2) is 47.6 Å². The van der Waals surface area contributed by atoms with E-state index in [4.69, 9.17) is 0 Å². The fourth-order valence-electron chi connectivity index (χ4n) is 3.40. The summed E-state index contributed by atoms with van der Waals surface area (Å²) in [7, 11) is 1.80. The molecule has 150 valence electrons. The summed E-state index contributed by atoms with van der Waals surface area (Å²) in [6.07, 6.45) is 1.96. The molecule has 2 heterocycles. The van der Waals surface area contributed by atoms with Crippen LogP contribution in [0.25, 0.3) is 0 Å². The number of aryl methyl sites for hydroxylation is 1. The third-order valence-electron chi connectivity index (χ3n) is 5.34. The number of aromatic nitrogens is 1. The summed E-state index contributed by atoms with van der Waals surface area (Å²) >= 11 is 0. The number of nitrogens with zero attached hydrogens (tertiary/aromatic N) is 4. The monoisotopic (exact) mass is 380 g/mol. The van der Waals surface area contributed by atoms with Crippen LogP contribution >= 0.6 is 0 Å². The molecule has 28 heavy (non-hydrogen) atoms. The lowest BCUT2D eigenvalue weighted by Gasteiger charge is -2.34. The molecule has 2 aromatic rings. The van der Waals surface area contributed by atoms with Crippen LogP contribution in [-0.4, -0.2) is 55.6 Å². The van der Waals surface area contributed by atoms with Crippen molar-refractivity contribution in [1.82, 2.24) is 20.5 Å². The van der Waals surface area contributed by atoms with E-state index in [1.807, 2.05) is 6.20 Å². The first kappa shape index (κ1) is 20.1. The molecule has 1 saturated heterocycles. The van der Waals surface area contributed by atoms with Gasteiger partial charge in [-0.1, -0.05) is 37.3 Å². The SMILES string of the molecule is CCN1CCN(c2ccc(CNC(=NC)NCc3ccccc3C)cn2)CC1. The highest BCUT2D eigenvalue weighted by molar-refractivity contribution is 5.79. The lowest BCUT2D eigenvalue weighted by Crippen LogP contribution is -2.46. The van der Waals surface area contributed by atoms with Gasteiger partial charge in [-0.15, -0.1) is 0 Å². The first-order valence-corrected chi connectivity index (χ1v) is 10.1. The second-order valence-corrected chi connectivity index (χ2v) is 7.15. The fourth-order valence-corrected chi connectivity index (χ4v) is 3.40. The average molecular weight is 381 g/mol. The summed E-state index contributed by atoms with van der Waals surface area (Å²) in [5.74, 6) is 1.87. The zero-order chi connectivity index (χ0) is 19.8. The smallest absolute Gasteiger partial charge is 0.191 e. The van der Waals surface area contributed by atoms with Crippen LogP contribution in [0.3, 0.4) is 0 Å². The van der Waals surface area contributed by atoms with E-state index in [2.05, 4.69) is 80.7 Å². The second-order valence-electron chi connectivity index (χ2n) is 7.15. The Hall–Kier alpha value is -2.60. The largest absolute Gasteiger partial charge is 0.354 e. The minimum Gasteiger partial charge on any atom is -0.354 e. The standard InChI is InChI=1S/C22H32N6/c1-4-27-11-13-28(14-12-27)21-10-9-19(15-24-21)16-25-22(23-3)26-17-20-8-6-5-7-18(20)2/h5-10,15H,4,11-14,16-17H2,1-3H3,(H2,23,25,26). The third-order valence-corrected chi connectivity index (χ3v) is 5.34. The van der Waals surface area contributed by atoms with E-state index >= 15 is 0 Å². The van der Waals surface area contributed by atoms with E-state index < -0.39 is 0 Å². The van der Waals surface area contributed by atoms with Gasteiger partial charge in [-0.3, -0.25) is 4.99 Å². The number of likely N-dealkylation sites (N-methyl/N-ethyl adjacent to an activating group) is 1. The Balaban J connectivity index is 1.48. The topological polar surface area (TPSA) is 55.8 Å². The van der Waals surface area contributed by atoms with E-state index in [-0.39, 0.29) is 0 Å². The minimum absolute atomic E-state index is 0.699. The highest BCUT2D eigenvalue weighted by atomic mass is 15.3. The Morgan fingerprint density at radius 3 is 2.43 bits per heavy atom. The van der Waals surface area contributed by atoms with E-state index in [1.165, 1.54) is 11.1 Å². The van der Waals surface area contributed by atoms with E-state index in [1.54, 1.807) is 7.05 Å². The van der Waals surface area contributed by atoms with Crippen molar-refractivity contribution in [2.24, 2.45) is 4.99 Å². The van der Waals surface area contributed by atoms with Crippen LogP contribution in [0.2, 0.25) is 0 Å². The number of benzene rings is 1. The van der Waals surface area contributed by atoms with E-state index in [0.717, 1.165) is 56.6 Å². The molecule has 0 aliphatic carbocycles. The van der Waals surface area contributed by atoms with Gasteiger partial charge in [-0.2, -0.15) is 0 Å². The van der Waals surface area contributed by atoms with Gasteiger partial charge < -0.3 is 20.4 Å². The molecule has 2 N–H and O–H groups in total. The molecule has 1 aliphatic heterocycles. The van der Waals surface area contributed by atoms with Crippen molar-refractivity contribution >= 4 is 11.8 Å². The predicted octanol–water partition coefficient (Wildman–Crippen LogP) is 2.40. The van der Waals surface area contributed by atoms with Crippen LogP contribution in [0.1, 0.15) is 23.6 Å². The van der Waals surface area contributed by atoms with Gasteiger partial charge in [0.2, 0.25) is 0 Å². The Kier molecular flexibility index (Phi) is 7.25. The van der Waals surface area contributed by atoms with Gasteiger partial charge in [-0.05, 0) is 36.2 Å². The number of aliphatic imine (C=N–C) groups is 1. The van der Waals surface area contributed by atoms with Crippen molar-refractivity contribution < 1.29 is 0 Å². The summed E-state index contributed by atoms with van der Waals surface area (Å²) in [5.41, 5.74) is 3.71. The van der Waals surface area contributed by atoms with E-state index in [9.17, 15) is 0 Å². The molecule has 1 aromatic heterocycles. The molecule has 1 aromatic carbocycles. The first-order chi connectivity index (χ1) is 13.7. The summed E-state index contributed by atoms with van der Waals surface area (Å²) in [6.45, 7) is 11.3. The van der Waals surface area contributed by atoms with Gasteiger partial charge in [0.1, 0.15) is 5.82 Å². The Bertz CT molecular complexity index is 763. The van der Waals surface area contributed by atoms with Crippen LogP contribution in [0, 0.1) is 6.92 Å². The Morgan fingerprint density at radius 1 is 1.04 bits per heavy atom. The van der Waals surface area contributed by atoms with Gasteiger partial charge in [0.15, 0.2) is 5.96 Å². The van der Waals surface area contributed by atoms with Crippen molar-refractivity contribution in [2.75, 3.05) is 44.7 Å². The Labute approximate surface area is 168 Å². The van der Waals surface area contributed by atoms with Crippen LogP contribution in [-0.2, 0) is 13.1 Å².